The number of carbonyl (C=O) groups is 2. The van der Waals surface area contributed by atoms with Gasteiger partial charge in [-0.3, -0.25) is 9.59 Å². The number of carbonyl (C=O) groups excluding carboxylic acids is 2. The Morgan fingerprint density at radius 2 is 2.00 bits per heavy atom. The summed E-state index contributed by atoms with van der Waals surface area (Å²) in [7, 11) is 0. The molecule has 0 spiro atoms. The molecule has 2 atom stereocenters. The van der Waals surface area contributed by atoms with Crippen LogP contribution in [0.1, 0.15) is 19.8 Å². The first-order valence-corrected chi connectivity index (χ1v) is 7.41. The molecule has 0 saturated carbocycles. The molecule has 0 bridgehead atoms. The Labute approximate surface area is 118 Å². The zero-order valence-electron chi connectivity index (χ0n) is 11.3. The fraction of sp³-hybridized carbons (Fsp3) is 0.846. The average Bonchev–Trinajstić information content (AvgIpc) is 2.95. The molecular weight excluding hydrogens is 268 g/mol. The number of likely N-dealkylation sites (tertiary alicyclic amines) is 1. The highest BCUT2D eigenvalue weighted by Gasteiger charge is 2.37. The summed E-state index contributed by atoms with van der Waals surface area (Å²) in [4.78, 5) is 28.2. The Balaban J connectivity index is 2.01. The highest BCUT2D eigenvalue weighted by Crippen LogP contribution is 2.22. The van der Waals surface area contributed by atoms with Gasteiger partial charge < -0.3 is 14.5 Å². The van der Waals surface area contributed by atoms with Crippen LogP contribution >= 0.6 is 11.6 Å². The summed E-state index contributed by atoms with van der Waals surface area (Å²) < 4.78 is 5.25. The van der Waals surface area contributed by atoms with Crippen molar-refractivity contribution < 1.29 is 14.3 Å². The van der Waals surface area contributed by atoms with Crippen LogP contribution in [0.3, 0.4) is 0 Å². The lowest BCUT2D eigenvalue weighted by Crippen LogP contribution is -2.52. The maximum atomic E-state index is 12.5. The van der Waals surface area contributed by atoms with E-state index in [-0.39, 0.29) is 23.8 Å². The van der Waals surface area contributed by atoms with E-state index < -0.39 is 0 Å². The minimum atomic E-state index is -0.295. The van der Waals surface area contributed by atoms with Crippen LogP contribution in [0, 0.1) is 5.92 Å². The molecule has 0 aliphatic carbocycles. The van der Waals surface area contributed by atoms with Crippen molar-refractivity contribution in [2.45, 2.75) is 25.8 Å². The Bertz CT molecular complexity index is 345. The Morgan fingerprint density at radius 3 is 2.63 bits per heavy atom. The topological polar surface area (TPSA) is 49.9 Å². The van der Waals surface area contributed by atoms with E-state index >= 15 is 0 Å². The standard InChI is InChI=1S/C13H21ClN2O3/c1-10(9-14)12(17)16-4-2-3-11(16)13(18)15-5-7-19-8-6-15/h10-11H,2-9H2,1H3. The molecule has 2 heterocycles. The van der Waals surface area contributed by atoms with E-state index in [0.717, 1.165) is 12.8 Å². The van der Waals surface area contributed by atoms with Crippen LogP contribution in [-0.2, 0) is 14.3 Å². The quantitative estimate of drug-likeness (QED) is 0.719. The van der Waals surface area contributed by atoms with Gasteiger partial charge in [0, 0.05) is 31.4 Å². The number of alkyl halides is 1. The first-order chi connectivity index (χ1) is 9.15. The number of ether oxygens (including phenoxy) is 1. The smallest absolute Gasteiger partial charge is 0.245 e. The number of rotatable bonds is 3. The Morgan fingerprint density at radius 1 is 1.32 bits per heavy atom. The summed E-state index contributed by atoms with van der Waals surface area (Å²) in [5, 5.41) is 0. The van der Waals surface area contributed by atoms with Crippen molar-refractivity contribution in [2.24, 2.45) is 5.92 Å². The number of hydrogen-bond acceptors (Lipinski definition) is 3. The minimum absolute atomic E-state index is 0.000825. The van der Waals surface area contributed by atoms with E-state index in [1.54, 1.807) is 4.90 Å². The molecule has 2 unspecified atom stereocenters. The summed E-state index contributed by atoms with van der Waals surface area (Å²) in [6.07, 6.45) is 1.65. The van der Waals surface area contributed by atoms with Gasteiger partial charge in [0.15, 0.2) is 0 Å². The molecule has 5 nitrogen and oxygen atoms in total. The molecule has 2 aliphatic rings. The summed E-state index contributed by atoms with van der Waals surface area (Å²) in [5.41, 5.74) is 0. The lowest BCUT2D eigenvalue weighted by atomic mass is 10.1. The molecule has 0 aromatic carbocycles. The molecule has 2 saturated heterocycles. The van der Waals surface area contributed by atoms with Crippen LogP contribution in [0.25, 0.3) is 0 Å². The molecular formula is C13H21ClN2O3. The van der Waals surface area contributed by atoms with Crippen molar-refractivity contribution in [2.75, 3.05) is 38.7 Å². The van der Waals surface area contributed by atoms with Gasteiger partial charge in [0.25, 0.3) is 0 Å². The van der Waals surface area contributed by atoms with Crippen LogP contribution in [0.2, 0.25) is 0 Å². The van der Waals surface area contributed by atoms with Crippen LogP contribution < -0.4 is 0 Å². The molecule has 108 valence electrons. The largest absolute Gasteiger partial charge is 0.378 e. The summed E-state index contributed by atoms with van der Waals surface area (Å²) in [6, 6.07) is -0.295. The van der Waals surface area contributed by atoms with Crippen molar-refractivity contribution >= 4 is 23.4 Å². The third kappa shape index (κ3) is 3.20. The van der Waals surface area contributed by atoms with Gasteiger partial charge in [0.2, 0.25) is 11.8 Å². The van der Waals surface area contributed by atoms with Crippen molar-refractivity contribution in [1.29, 1.82) is 0 Å². The summed E-state index contributed by atoms with van der Waals surface area (Å²) in [6.45, 7) is 4.91. The van der Waals surface area contributed by atoms with Crippen LogP contribution in [0.5, 0.6) is 0 Å². The SMILES string of the molecule is CC(CCl)C(=O)N1CCCC1C(=O)N1CCOCC1. The third-order valence-electron chi connectivity index (χ3n) is 3.80. The first kappa shape index (κ1) is 14.6. The van der Waals surface area contributed by atoms with E-state index in [0.29, 0.717) is 38.7 Å². The van der Waals surface area contributed by atoms with Crippen molar-refractivity contribution in [1.82, 2.24) is 9.80 Å². The minimum Gasteiger partial charge on any atom is -0.378 e. The van der Waals surface area contributed by atoms with E-state index in [2.05, 4.69) is 0 Å². The van der Waals surface area contributed by atoms with E-state index in [1.165, 1.54) is 0 Å². The van der Waals surface area contributed by atoms with E-state index in [9.17, 15) is 9.59 Å². The second-order valence-corrected chi connectivity index (χ2v) is 5.49. The van der Waals surface area contributed by atoms with Gasteiger partial charge in [-0.1, -0.05) is 6.92 Å². The number of hydrogen-bond donors (Lipinski definition) is 0. The molecule has 0 aromatic rings. The van der Waals surface area contributed by atoms with Crippen LogP contribution in [0.15, 0.2) is 0 Å². The molecule has 0 aromatic heterocycles. The van der Waals surface area contributed by atoms with Crippen molar-refractivity contribution in [3.63, 3.8) is 0 Å². The molecule has 6 heteroatoms. The molecule has 2 rings (SSSR count). The van der Waals surface area contributed by atoms with Gasteiger partial charge in [-0.25, -0.2) is 0 Å². The van der Waals surface area contributed by atoms with Crippen LogP contribution in [0.4, 0.5) is 0 Å². The first-order valence-electron chi connectivity index (χ1n) is 6.88. The van der Waals surface area contributed by atoms with E-state index in [4.69, 9.17) is 16.3 Å². The highest BCUT2D eigenvalue weighted by molar-refractivity contribution is 6.19. The van der Waals surface area contributed by atoms with Gasteiger partial charge in [-0.05, 0) is 12.8 Å². The van der Waals surface area contributed by atoms with Gasteiger partial charge in [-0.2, -0.15) is 0 Å². The van der Waals surface area contributed by atoms with Crippen molar-refractivity contribution in [3.05, 3.63) is 0 Å². The van der Waals surface area contributed by atoms with Crippen LogP contribution in [-0.4, -0.2) is 66.4 Å². The zero-order valence-corrected chi connectivity index (χ0v) is 12.1. The summed E-state index contributed by atoms with van der Waals surface area (Å²) in [5.74, 6) is 0.142. The number of morpholine rings is 1. The maximum Gasteiger partial charge on any atom is 0.245 e. The number of halogens is 1. The fourth-order valence-corrected chi connectivity index (χ4v) is 2.76. The molecule has 2 aliphatic heterocycles. The second kappa shape index (κ2) is 6.57. The Kier molecular flexibility index (Phi) is 5.05. The maximum absolute atomic E-state index is 12.5. The van der Waals surface area contributed by atoms with Crippen molar-refractivity contribution in [3.8, 4) is 0 Å². The number of nitrogens with zero attached hydrogens (tertiary/aromatic N) is 2. The van der Waals surface area contributed by atoms with Gasteiger partial charge in [0.05, 0.1) is 13.2 Å². The van der Waals surface area contributed by atoms with E-state index in [1.807, 2.05) is 11.8 Å². The summed E-state index contributed by atoms with van der Waals surface area (Å²) >= 11 is 5.74. The molecule has 19 heavy (non-hydrogen) atoms. The molecule has 2 fully saturated rings. The zero-order chi connectivity index (χ0) is 13.8. The molecule has 0 N–H and O–H groups in total. The monoisotopic (exact) mass is 288 g/mol. The number of amides is 2. The normalized spacial score (nSPS) is 25.5. The third-order valence-corrected chi connectivity index (χ3v) is 4.26. The van der Waals surface area contributed by atoms with Gasteiger partial charge >= 0.3 is 0 Å². The average molecular weight is 289 g/mol. The Hall–Kier alpha value is -0.810. The second-order valence-electron chi connectivity index (χ2n) is 5.18. The molecule has 0 radical (unpaired) electrons. The van der Waals surface area contributed by atoms with Gasteiger partial charge in [0.1, 0.15) is 6.04 Å². The predicted molar refractivity (Wildman–Crippen MR) is 72.0 cm³/mol. The fourth-order valence-electron chi connectivity index (χ4n) is 2.63. The van der Waals surface area contributed by atoms with Gasteiger partial charge in [-0.15, -0.1) is 11.6 Å². The molecule has 2 amide bonds. The predicted octanol–water partition coefficient (Wildman–Crippen LogP) is 0.711. The lowest BCUT2D eigenvalue weighted by Gasteiger charge is -2.33. The lowest BCUT2D eigenvalue weighted by molar-refractivity contribution is -0.147. The highest BCUT2D eigenvalue weighted by atomic mass is 35.5.